The lowest BCUT2D eigenvalue weighted by molar-refractivity contribution is -0.140. The van der Waals surface area contributed by atoms with Crippen LogP contribution in [0.4, 0.5) is 5.69 Å². The van der Waals surface area contributed by atoms with E-state index in [4.69, 9.17) is 16.1 Å². The van der Waals surface area contributed by atoms with Gasteiger partial charge in [0.1, 0.15) is 17.2 Å². The van der Waals surface area contributed by atoms with Gasteiger partial charge in [-0.2, -0.15) is 0 Å². The maximum Gasteiger partial charge on any atom is 0.317 e. The molecule has 2 aromatic carbocycles. The van der Waals surface area contributed by atoms with Crippen LogP contribution in [0.1, 0.15) is 43.6 Å². The summed E-state index contributed by atoms with van der Waals surface area (Å²) in [5, 5.41) is 23.1. The standard InChI is InChI=1S/C26H33N7O3.2ClH/c1-16-5-4-12-33(16)25(36)26(2,30-15-23(34)35)18-8-11-21-20(13-18)31-22(32(21)3)14-29-19-9-6-17(7-10-19)24(27)28;;/h6-11,13,16,29-30H,4-5,12,14-15H2,1-3H3,(H3,27,28)(H,34,35);2*1H/t16-,26+;;/m1../s1. The van der Waals surface area contributed by atoms with E-state index >= 15 is 0 Å². The number of rotatable bonds is 9. The lowest BCUT2D eigenvalue weighted by Gasteiger charge is -2.35. The van der Waals surface area contributed by atoms with E-state index in [1.807, 2.05) is 53.8 Å². The monoisotopic (exact) mass is 563 g/mol. The topological polar surface area (TPSA) is 149 Å². The largest absolute Gasteiger partial charge is 0.480 e. The van der Waals surface area contributed by atoms with E-state index in [1.54, 1.807) is 19.1 Å². The van der Waals surface area contributed by atoms with Crippen molar-refractivity contribution in [3.8, 4) is 0 Å². The van der Waals surface area contributed by atoms with Crippen LogP contribution in [0.3, 0.4) is 0 Å². The molecule has 12 heteroatoms. The Balaban J connectivity index is 0.00000253. The summed E-state index contributed by atoms with van der Waals surface area (Å²) in [7, 11) is 1.93. The molecule has 206 valence electrons. The van der Waals surface area contributed by atoms with Crippen molar-refractivity contribution in [2.75, 3.05) is 18.4 Å². The zero-order valence-electron chi connectivity index (χ0n) is 21.7. The number of carboxylic acids is 1. The van der Waals surface area contributed by atoms with E-state index in [0.29, 0.717) is 24.2 Å². The molecule has 2 heterocycles. The summed E-state index contributed by atoms with van der Waals surface area (Å²) in [6, 6.07) is 13.1. The number of carboxylic acid groups (broad SMARTS) is 1. The number of nitrogen functional groups attached to an aromatic ring is 1. The van der Waals surface area contributed by atoms with Crippen molar-refractivity contribution in [2.24, 2.45) is 12.8 Å². The molecule has 0 radical (unpaired) electrons. The molecular formula is C26H35Cl2N7O3. The minimum absolute atomic E-state index is 0. The van der Waals surface area contributed by atoms with Gasteiger partial charge < -0.3 is 25.6 Å². The number of nitrogens with two attached hydrogens (primary N) is 1. The zero-order valence-corrected chi connectivity index (χ0v) is 23.3. The van der Waals surface area contributed by atoms with E-state index in [9.17, 15) is 14.7 Å². The molecular weight excluding hydrogens is 529 g/mol. The van der Waals surface area contributed by atoms with Crippen LogP contribution in [0.5, 0.6) is 0 Å². The molecule has 1 aromatic heterocycles. The Labute approximate surface area is 234 Å². The van der Waals surface area contributed by atoms with E-state index in [1.165, 1.54) is 0 Å². The fourth-order valence-corrected chi connectivity index (χ4v) is 4.74. The molecule has 6 N–H and O–H groups in total. The summed E-state index contributed by atoms with van der Waals surface area (Å²) < 4.78 is 1.99. The van der Waals surface area contributed by atoms with Crippen molar-refractivity contribution < 1.29 is 14.7 Å². The van der Waals surface area contributed by atoms with Crippen LogP contribution >= 0.6 is 24.8 Å². The van der Waals surface area contributed by atoms with Crippen LogP contribution in [0.2, 0.25) is 0 Å². The molecule has 0 aliphatic carbocycles. The minimum Gasteiger partial charge on any atom is -0.480 e. The second-order valence-corrected chi connectivity index (χ2v) is 9.50. The molecule has 1 amide bonds. The molecule has 1 aliphatic heterocycles. The molecule has 0 saturated carbocycles. The molecule has 0 spiro atoms. The third-order valence-electron chi connectivity index (χ3n) is 7.03. The molecule has 10 nitrogen and oxygen atoms in total. The van der Waals surface area contributed by atoms with Gasteiger partial charge in [0.15, 0.2) is 0 Å². The predicted molar refractivity (Wildman–Crippen MR) is 153 cm³/mol. The Morgan fingerprint density at radius 2 is 1.89 bits per heavy atom. The average Bonchev–Trinajstić information content (AvgIpc) is 3.43. The van der Waals surface area contributed by atoms with Gasteiger partial charge in [0.25, 0.3) is 0 Å². The number of nitrogens with one attached hydrogen (secondary N) is 3. The van der Waals surface area contributed by atoms with E-state index in [-0.39, 0.29) is 49.1 Å². The van der Waals surface area contributed by atoms with E-state index < -0.39 is 11.5 Å². The number of amides is 1. The maximum atomic E-state index is 13.6. The molecule has 3 aromatic rings. The maximum absolute atomic E-state index is 13.6. The van der Waals surface area contributed by atoms with Gasteiger partial charge in [-0.05, 0) is 68.7 Å². The molecule has 2 atom stereocenters. The van der Waals surface area contributed by atoms with Crippen LogP contribution in [0.15, 0.2) is 42.5 Å². The highest BCUT2D eigenvalue weighted by Gasteiger charge is 2.41. The average molecular weight is 565 g/mol. The van der Waals surface area contributed by atoms with Crippen molar-refractivity contribution in [1.29, 1.82) is 5.41 Å². The van der Waals surface area contributed by atoms with Crippen molar-refractivity contribution in [1.82, 2.24) is 19.8 Å². The number of nitrogens with zero attached hydrogens (tertiary/aromatic N) is 3. The van der Waals surface area contributed by atoms with Gasteiger partial charge in [-0.25, -0.2) is 4.98 Å². The fraction of sp³-hybridized carbons (Fsp3) is 0.385. The summed E-state index contributed by atoms with van der Waals surface area (Å²) in [6.45, 7) is 4.58. The second kappa shape index (κ2) is 12.5. The number of carbonyl (C=O) groups is 2. The number of hydrogen-bond donors (Lipinski definition) is 5. The molecule has 0 unspecified atom stereocenters. The third-order valence-corrected chi connectivity index (χ3v) is 7.03. The number of aliphatic carboxylic acids is 1. The first-order chi connectivity index (χ1) is 17.1. The molecule has 38 heavy (non-hydrogen) atoms. The quantitative estimate of drug-likeness (QED) is 0.198. The highest BCUT2D eigenvalue weighted by molar-refractivity contribution is 5.95. The van der Waals surface area contributed by atoms with Crippen molar-refractivity contribution in [3.05, 3.63) is 59.4 Å². The number of likely N-dealkylation sites (tertiary alicyclic amines) is 1. The number of halogens is 2. The molecule has 4 rings (SSSR count). The molecule has 1 aliphatic rings. The van der Waals surface area contributed by atoms with Gasteiger partial charge in [0.2, 0.25) is 5.91 Å². The first kappa shape index (κ1) is 30.9. The van der Waals surface area contributed by atoms with Crippen LogP contribution in [-0.2, 0) is 28.7 Å². The van der Waals surface area contributed by atoms with Crippen LogP contribution in [-0.4, -0.2) is 56.4 Å². The van der Waals surface area contributed by atoms with Gasteiger partial charge in [0, 0.05) is 30.9 Å². The molecule has 1 fully saturated rings. The number of benzene rings is 2. The van der Waals surface area contributed by atoms with Crippen molar-refractivity contribution in [2.45, 2.75) is 44.8 Å². The van der Waals surface area contributed by atoms with Crippen LogP contribution < -0.4 is 16.4 Å². The Morgan fingerprint density at radius 1 is 1.21 bits per heavy atom. The van der Waals surface area contributed by atoms with Gasteiger partial charge >= 0.3 is 5.97 Å². The highest BCUT2D eigenvalue weighted by atomic mass is 35.5. The lowest BCUT2D eigenvalue weighted by Crippen LogP contribution is -2.55. The predicted octanol–water partition coefficient (Wildman–Crippen LogP) is 3.21. The Hall–Kier alpha value is -3.34. The van der Waals surface area contributed by atoms with Crippen molar-refractivity contribution >= 4 is 59.2 Å². The Morgan fingerprint density at radius 3 is 2.47 bits per heavy atom. The minimum atomic E-state index is -1.19. The number of hydrogen-bond acceptors (Lipinski definition) is 6. The van der Waals surface area contributed by atoms with Crippen molar-refractivity contribution in [3.63, 3.8) is 0 Å². The van der Waals surface area contributed by atoms with Crippen LogP contribution in [0, 0.1) is 5.41 Å². The summed E-state index contributed by atoms with van der Waals surface area (Å²) >= 11 is 0. The molecule has 0 bridgehead atoms. The number of amidine groups is 1. The van der Waals surface area contributed by atoms with E-state index in [2.05, 4.69) is 10.6 Å². The SMILES string of the molecule is C[C@@H]1CCCN1C(=O)[C@@](C)(NCC(=O)O)c1ccc2c(c1)nc(CNc1ccc(C(=N)N)cc1)n2C.Cl.Cl. The van der Waals surface area contributed by atoms with Gasteiger partial charge in [0.05, 0.1) is 24.1 Å². The number of fused-ring (bicyclic) bond motifs is 1. The lowest BCUT2D eigenvalue weighted by atomic mass is 9.89. The van der Waals surface area contributed by atoms with Gasteiger partial charge in [-0.3, -0.25) is 20.3 Å². The van der Waals surface area contributed by atoms with E-state index in [0.717, 1.165) is 35.4 Å². The number of carbonyl (C=O) groups excluding carboxylic acids is 1. The second-order valence-electron chi connectivity index (χ2n) is 9.50. The number of imidazole rings is 1. The molecule has 1 saturated heterocycles. The third kappa shape index (κ3) is 6.20. The van der Waals surface area contributed by atoms with Gasteiger partial charge in [-0.15, -0.1) is 24.8 Å². The number of aryl methyl sites for hydroxylation is 1. The zero-order chi connectivity index (χ0) is 26.0. The summed E-state index contributed by atoms with van der Waals surface area (Å²) in [6.07, 6.45) is 1.88. The number of anilines is 1. The fourth-order valence-electron chi connectivity index (χ4n) is 4.74. The van der Waals surface area contributed by atoms with Crippen LogP contribution in [0.25, 0.3) is 11.0 Å². The first-order valence-corrected chi connectivity index (χ1v) is 12.0. The summed E-state index contributed by atoms with van der Waals surface area (Å²) in [5.41, 5.74) is 8.18. The Bertz CT molecular complexity index is 1310. The van der Waals surface area contributed by atoms with Gasteiger partial charge in [-0.1, -0.05) is 6.07 Å². The normalized spacial score (nSPS) is 16.3. The number of aromatic nitrogens is 2. The highest BCUT2D eigenvalue weighted by Crippen LogP contribution is 2.30. The summed E-state index contributed by atoms with van der Waals surface area (Å²) in [5.74, 6) is -0.320. The summed E-state index contributed by atoms with van der Waals surface area (Å²) in [4.78, 5) is 31.6. The Kier molecular flexibility index (Phi) is 10.1. The first-order valence-electron chi connectivity index (χ1n) is 12.0. The smallest absolute Gasteiger partial charge is 0.317 e.